The number of carboxylic acids is 1. The van der Waals surface area contributed by atoms with E-state index in [0.717, 1.165) is 43.4 Å². The van der Waals surface area contributed by atoms with Gasteiger partial charge in [0.2, 0.25) is 0 Å². The van der Waals surface area contributed by atoms with E-state index in [9.17, 15) is 14.7 Å². The molecule has 158 valence electrons. The van der Waals surface area contributed by atoms with Gasteiger partial charge in [0.25, 0.3) is 5.56 Å². The minimum Gasteiger partial charge on any atom is -0.481 e. The fourth-order valence-electron chi connectivity index (χ4n) is 6.54. The predicted octanol–water partition coefficient (Wildman–Crippen LogP) is 4.64. The summed E-state index contributed by atoms with van der Waals surface area (Å²) in [5.41, 5.74) is 2.04. The van der Waals surface area contributed by atoms with Gasteiger partial charge in [0, 0.05) is 5.69 Å². The van der Waals surface area contributed by atoms with Crippen LogP contribution in [0.2, 0.25) is 5.02 Å². The SMILES string of the molecule is Cc1ccc(Nc2cnn(C34CC5CC(CC(C(=O)O)(C5)C3)C4)c(=O)c2Cl)cc1C. The number of nitrogens with zero attached hydrogens (tertiary/aromatic N) is 2. The van der Waals surface area contributed by atoms with Gasteiger partial charge in [-0.1, -0.05) is 17.7 Å². The molecular weight excluding hydrogens is 402 g/mol. The molecule has 2 unspecified atom stereocenters. The van der Waals surface area contributed by atoms with E-state index in [2.05, 4.69) is 10.4 Å². The maximum atomic E-state index is 13.3. The third-order valence-electron chi connectivity index (χ3n) is 7.64. The number of hydrogen-bond donors (Lipinski definition) is 2. The van der Waals surface area contributed by atoms with Crippen LogP contribution in [0.3, 0.4) is 0 Å². The van der Waals surface area contributed by atoms with Gasteiger partial charge in [-0.05, 0) is 87.5 Å². The Morgan fingerprint density at radius 2 is 1.90 bits per heavy atom. The van der Waals surface area contributed by atoms with Crippen LogP contribution in [0.1, 0.15) is 49.7 Å². The average Bonchev–Trinajstić information content (AvgIpc) is 2.67. The number of carbonyl (C=O) groups is 1. The smallest absolute Gasteiger partial charge is 0.309 e. The number of hydrogen-bond acceptors (Lipinski definition) is 4. The molecule has 2 N–H and O–H groups in total. The minimum atomic E-state index is -0.729. The van der Waals surface area contributed by atoms with Crippen LogP contribution in [0.25, 0.3) is 0 Å². The highest BCUT2D eigenvalue weighted by Crippen LogP contribution is 2.63. The molecule has 4 saturated carbocycles. The Kier molecular flexibility index (Phi) is 4.30. The lowest BCUT2D eigenvalue weighted by atomic mass is 9.47. The molecule has 4 fully saturated rings. The standard InChI is InChI=1S/C23H26ClN3O3/c1-13-3-4-17(5-14(13)2)26-18-11-25-27(20(28)19(18)24)23-9-15-6-16(10-23)8-22(7-15,12-23)21(29)30/h3-5,11,15-16,26H,6-10,12H2,1-2H3,(H,29,30). The van der Waals surface area contributed by atoms with Crippen molar-refractivity contribution in [2.45, 2.75) is 57.9 Å². The van der Waals surface area contributed by atoms with Crippen LogP contribution < -0.4 is 10.9 Å². The Hall–Kier alpha value is -2.34. The van der Waals surface area contributed by atoms with Gasteiger partial charge in [-0.25, -0.2) is 4.68 Å². The third kappa shape index (κ3) is 2.88. The molecule has 0 saturated heterocycles. The van der Waals surface area contributed by atoms with Crippen LogP contribution in [-0.2, 0) is 10.3 Å². The van der Waals surface area contributed by atoms with Crippen molar-refractivity contribution in [3.63, 3.8) is 0 Å². The lowest BCUT2D eigenvalue weighted by Crippen LogP contribution is -2.61. The maximum Gasteiger partial charge on any atom is 0.309 e. The Morgan fingerprint density at radius 1 is 1.20 bits per heavy atom. The summed E-state index contributed by atoms with van der Waals surface area (Å²) in [5, 5.41) is 17.8. The second-order valence-corrected chi connectivity index (χ2v) is 10.2. The number of aryl methyl sites for hydroxylation is 2. The molecule has 4 aliphatic rings. The lowest BCUT2D eigenvalue weighted by molar-refractivity contribution is -0.173. The van der Waals surface area contributed by atoms with Crippen LogP contribution in [0.4, 0.5) is 11.4 Å². The zero-order valence-electron chi connectivity index (χ0n) is 17.2. The highest BCUT2D eigenvalue weighted by atomic mass is 35.5. The number of halogens is 1. The van der Waals surface area contributed by atoms with Gasteiger partial charge in [0.05, 0.1) is 22.8 Å². The van der Waals surface area contributed by atoms with Crippen LogP contribution in [0, 0.1) is 31.1 Å². The van der Waals surface area contributed by atoms with Gasteiger partial charge < -0.3 is 10.4 Å². The van der Waals surface area contributed by atoms with E-state index in [-0.39, 0.29) is 10.6 Å². The van der Waals surface area contributed by atoms with Crippen molar-refractivity contribution in [2.24, 2.45) is 17.3 Å². The number of aliphatic carboxylic acids is 1. The summed E-state index contributed by atoms with van der Waals surface area (Å²) in [6.07, 6.45) is 6.19. The molecule has 1 aromatic carbocycles. The van der Waals surface area contributed by atoms with Crippen LogP contribution in [-0.4, -0.2) is 20.9 Å². The molecule has 6 nitrogen and oxygen atoms in total. The summed E-state index contributed by atoms with van der Waals surface area (Å²) in [5.74, 6) is -0.0560. The molecule has 0 radical (unpaired) electrons. The average molecular weight is 428 g/mol. The van der Waals surface area contributed by atoms with Crippen molar-refractivity contribution in [3.05, 3.63) is 50.9 Å². The summed E-state index contributed by atoms with van der Waals surface area (Å²) in [4.78, 5) is 25.4. The molecule has 30 heavy (non-hydrogen) atoms. The van der Waals surface area contributed by atoms with E-state index >= 15 is 0 Å². The van der Waals surface area contributed by atoms with E-state index in [4.69, 9.17) is 11.6 Å². The van der Waals surface area contributed by atoms with Crippen molar-refractivity contribution < 1.29 is 9.90 Å². The second kappa shape index (κ2) is 6.58. The first-order chi connectivity index (χ1) is 14.2. The Labute approximate surface area is 180 Å². The van der Waals surface area contributed by atoms with Gasteiger partial charge in [0.1, 0.15) is 5.02 Å². The normalized spacial score (nSPS) is 31.7. The van der Waals surface area contributed by atoms with Crippen molar-refractivity contribution >= 4 is 28.9 Å². The fourth-order valence-corrected chi connectivity index (χ4v) is 6.72. The molecule has 0 aliphatic heterocycles. The largest absolute Gasteiger partial charge is 0.481 e. The van der Waals surface area contributed by atoms with Gasteiger partial charge in [0.15, 0.2) is 0 Å². The van der Waals surface area contributed by atoms with E-state index in [1.165, 1.54) is 10.2 Å². The van der Waals surface area contributed by atoms with Crippen LogP contribution in [0.15, 0.2) is 29.2 Å². The zero-order chi connectivity index (χ0) is 21.3. The van der Waals surface area contributed by atoms with Gasteiger partial charge in [-0.3, -0.25) is 9.59 Å². The van der Waals surface area contributed by atoms with E-state index in [1.54, 1.807) is 6.20 Å². The number of carboxylic acid groups (broad SMARTS) is 1. The molecule has 1 aromatic heterocycles. The van der Waals surface area contributed by atoms with E-state index in [1.807, 2.05) is 32.0 Å². The van der Waals surface area contributed by atoms with Crippen molar-refractivity contribution in [3.8, 4) is 0 Å². The maximum absolute atomic E-state index is 13.3. The third-order valence-corrected chi connectivity index (χ3v) is 8.00. The molecular formula is C23H26ClN3O3. The van der Waals surface area contributed by atoms with Crippen molar-refractivity contribution in [2.75, 3.05) is 5.32 Å². The number of anilines is 2. The molecule has 6 rings (SSSR count). The Bertz CT molecular complexity index is 1100. The fraction of sp³-hybridized carbons (Fsp3) is 0.522. The molecule has 4 bridgehead atoms. The predicted molar refractivity (Wildman–Crippen MR) is 115 cm³/mol. The Morgan fingerprint density at radius 3 is 2.53 bits per heavy atom. The topological polar surface area (TPSA) is 84.2 Å². The van der Waals surface area contributed by atoms with Crippen molar-refractivity contribution in [1.29, 1.82) is 0 Å². The molecule has 7 heteroatoms. The monoisotopic (exact) mass is 427 g/mol. The lowest BCUT2D eigenvalue weighted by Gasteiger charge is -2.60. The molecule has 4 aliphatic carbocycles. The van der Waals surface area contributed by atoms with Gasteiger partial charge >= 0.3 is 5.97 Å². The summed E-state index contributed by atoms with van der Waals surface area (Å²) >= 11 is 6.50. The quantitative estimate of drug-likeness (QED) is 0.742. The number of rotatable bonds is 4. The highest BCUT2D eigenvalue weighted by molar-refractivity contribution is 6.33. The summed E-state index contributed by atoms with van der Waals surface area (Å²) in [6, 6.07) is 5.97. The van der Waals surface area contributed by atoms with E-state index in [0.29, 0.717) is 23.9 Å². The first-order valence-electron chi connectivity index (χ1n) is 10.6. The summed E-state index contributed by atoms with van der Waals surface area (Å²) in [7, 11) is 0. The number of aromatic nitrogens is 2. The van der Waals surface area contributed by atoms with Gasteiger partial charge in [-0.2, -0.15) is 5.10 Å². The summed E-state index contributed by atoms with van der Waals surface area (Å²) in [6.45, 7) is 4.08. The first kappa shape index (κ1) is 19.6. The van der Waals surface area contributed by atoms with Crippen molar-refractivity contribution in [1.82, 2.24) is 9.78 Å². The number of nitrogens with one attached hydrogen (secondary N) is 1. The second-order valence-electron chi connectivity index (χ2n) is 9.78. The molecule has 2 atom stereocenters. The highest BCUT2D eigenvalue weighted by Gasteiger charge is 2.62. The first-order valence-corrected chi connectivity index (χ1v) is 11.0. The number of benzene rings is 1. The molecule has 2 aromatic rings. The zero-order valence-corrected chi connectivity index (χ0v) is 18.0. The Balaban J connectivity index is 1.52. The van der Waals surface area contributed by atoms with E-state index < -0.39 is 16.9 Å². The van der Waals surface area contributed by atoms with Crippen LogP contribution >= 0.6 is 11.6 Å². The molecule has 1 heterocycles. The van der Waals surface area contributed by atoms with Gasteiger partial charge in [-0.15, -0.1) is 0 Å². The molecule has 0 spiro atoms. The minimum absolute atomic E-state index is 0.100. The molecule has 0 amide bonds. The van der Waals surface area contributed by atoms with Crippen LogP contribution in [0.5, 0.6) is 0 Å². The summed E-state index contributed by atoms with van der Waals surface area (Å²) < 4.78 is 1.51.